The van der Waals surface area contributed by atoms with Gasteiger partial charge in [0.2, 0.25) is 0 Å². The van der Waals surface area contributed by atoms with Crippen molar-refractivity contribution in [3.63, 3.8) is 0 Å². The van der Waals surface area contributed by atoms with Crippen molar-refractivity contribution in [1.29, 1.82) is 0 Å². The maximum absolute atomic E-state index is 2.68. The van der Waals surface area contributed by atoms with E-state index in [0.717, 1.165) is 50.7 Å². The van der Waals surface area contributed by atoms with Crippen LogP contribution in [0.15, 0.2) is 334 Å². The summed E-state index contributed by atoms with van der Waals surface area (Å²) in [6, 6.07) is 126. The second-order valence-corrected chi connectivity index (χ2v) is 30.0. The summed E-state index contributed by atoms with van der Waals surface area (Å²) >= 11 is -0.125. The predicted octanol–water partition coefficient (Wildman–Crippen LogP) is 21.4. The number of para-hydroxylation sites is 1. The van der Waals surface area contributed by atoms with Gasteiger partial charge in [0.15, 0.2) is 0 Å². The first kappa shape index (κ1) is 60.2. The fourth-order valence-corrected chi connectivity index (χ4v) is 16.9. The summed E-state index contributed by atoms with van der Waals surface area (Å²) in [5.41, 5.74) is 32.3. The number of fused-ring (bicyclic) bond motifs is 4. The van der Waals surface area contributed by atoms with Crippen LogP contribution >= 0.6 is 0 Å². The third-order valence-electron chi connectivity index (χ3n) is 19.4. The zero-order valence-electron chi connectivity index (χ0n) is 55.1. The van der Waals surface area contributed by atoms with Gasteiger partial charge in [-0.2, -0.15) is 0 Å². The summed E-state index contributed by atoms with van der Waals surface area (Å²) in [7, 11) is 0. The minimum atomic E-state index is -0.146. The van der Waals surface area contributed by atoms with Gasteiger partial charge in [-0.05, 0) is 0 Å². The molecule has 0 bridgehead atoms. The first-order chi connectivity index (χ1) is 46.8. The van der Waals surface area contributed by atoms with Crippen molar-refractivity contribution in [2.45, 2.75) is 52.4 Å². The molecule has 96 heavy (non-hydrogen) atoms. The van der Waals surface area contributed by atoms with Gasteiger partial charge in [0.25, 0.3) is 0 Å². The van der Waals surface area contributed by atoms with Gasteiger partial charge in [0, 0.05) is 0 Å². The van der Waals surface area contributed by atoms with Crippen molar-refractivity contribution in [3.8, 4) is 89.0 Å². The third kappa shape index (κ3) is 11.5. The van der Waals surface area contributed by atoms with Crippen molar-refractivity contribution in [2.24, 2.45) is 0 Å². The van der Waals surface area contributed by atoms with E-state index in [1.54, 1.807) is 0 Å². The molecular formula is C92H73BN2Se. The molecule has 2 aliphatic heterocycles. The van der Waals surface area contributed by atoms with Crippen LogP contribution in [0.5, 0.6) is 0 Å². The topological polar surface area (TPSA) is 6.48 Å². The zero-order chi connectivity index (χ0) is 65.1. The maximum atomic E-state index is 2.68. The molecule has 0 saturated heterocycles. The molecule has 14 aromatic carbocycles. The normalized spacial score (nSPS) is 12.4. The van der Waals surface area contributed by atoms with Crippen LogP contribution in [0.3, 0.4) is 0 Å². The van der Waals surface area contributed by atoms with Gasteiger partial charge in [-0.25, -0.2) is 0 Å². The first-order valence-electron chi connectivity index (χ1n) is 33.6. The van der Waals surface area contributed by atoms with E-state index in [1.165, 1.54) is 109 Å². The Labute approximate surface area is 573 Å². The van der Waals surface area contributed by atoms with Crippen LogP contribution in [0, 0.1) is 0 Å². The van der Waals surface area contributed by atoms with E-state index in [-0.39, 0.29) is 32.5 Å². The molecule has 0 aromatic heterocycles. The SMILES string of the molecule is CC(C)(C)c1ccc(N(c2ccc(C(C)(C)C)cc2)c2cc3c4c(c2)N(c2c(-c5ccccc5)cccc2-c2ccccc2)c2ccc(-c5cc(-c6ccccc6)cc(-c6ccccc6)c5)cc2B4c2cc(-c4cc(-c5ccccc5)cc(-c5ccccc5)c4)ccc2[Se]3)cc1. The zero-order valence-corrected chi connectivity index (χ0v) is 56.8. The van der Waals surface area contributed by atoms with Crippen LogP contribution in [0.4, 0.5) is 34.1 Å². The fourth-order valence-electron chi connectivity index (χ4n) is 14.4. The molecular weight excluding hydrogens is 1220 g/mol. The summed E-state index contributed by atoms with van der Waals surface area (Å²) in [6.45, 7) is 13.7. The van der Waals surface area contributed by atoms with Gasteiger partial charge in [0.1, 0.15) is 0 Å². The van der Waals surface area contributed by atoms with Gasteiger partial charge in [0.05, 0.1) is 0 Å². The monoisotopic (exact) mass is 1300 g/mol. The summed E-state index contributed by atoms with van der Waals surface area (Å²) in [6.07, 6.45) is 0. The first-order valence-corrected chi connectivity index (χ1v) is 35.3. The number of nitrogens with zero attached hydrogens (tertiary/aromatic N) is 2. The van der Waals surface area contributed by atoms with Crippen LogP contribution in [0.1, 0.15) is 52.7 Å². The molecule has 0 spiro atoms. The molecule has 2 heterocycles. The van der Waals surface area contributed by atoms with Crippen molar-refractivity contribution in [2.75, 3.05) is 9.80 Å². The Morgan fingerprint density at radius 2 is 0.635 bits per heavy atom. The van der Waals surface area contributed by atoms with Gasteiger partial charge < -0.3 is 0 Å². The van der Waals surface area contributed by atoms with Gasteiger partial charge >= 0.3 is 565 Å². The minimum absolute atomic E-state index is 0.0153. The van der Waals surface area contributed by atoms with Crippen LogP contribution in [0.2, 0.25) is 0 Å². The van der Waals surface area contributed by atoms with Gasteiger partial charge in [-0.15, -0.1) is 0 Å². The molecule has 0 N–H and O–H groups in total. The predicted molar refractivity (Wildman–Crippen MR) is 413 cm³/mol. The second kappa shape index (κ2) is 24.9. The van der Waals surface area contributed by atoms with E-state index in [0.29, 0.717) is 0 Å². The molecule has 4 heteroatoms. The second-order valence-electron chi connectivity index (χ2n) is 27.7. The number of hydrogen-bond donors (Lipinski definition) is 0. The van der Waals surface area contributed by atoms with Crippen LogP contribution < -0.4 is 35.1 Å². The van der Waals surface area contributed by atoms with E-state index in [1.807, 2.05) is 0 Å². The Bertz CT molecular complexity index is 4940. The Hall–Kier alpha value is -10.7. The average Bonchev–Trinajstić information content (AvgIpc) is 0.699. The molecule has 460 valence electrons. The molecule has 0 unspecified atom stereocenters. The molecule has 14 aromatic rings. The van der Waals surface area contributed by atoms with Crippen LogP contribution in [-0.2, 0) is 10.8 Å². The molecule has 0 radical (unpaired) electrons. The Kier molecular flexibility index (Phi) is 15.6. The third-order valence-corrected chi connectivity index (χ3v) is 21.8. The summed E-state index contributed by atoms with van der Waals surface area (Å²) < 4.78 is 2.76. The molecule has 2 nitrogen and oxygen atoms in total. The van der Waals surface area contributed by atoms with E-state index in [9.17, 15) is 0 Å². The Morgan fingerprint density at radius 1 is 0.271 bits per heavy atom. The molecule has 0 aliphatic carbocycles. The summed E-state index contributed by atoms with van der Waals surface area (Å²) in [4.78, 5) is 5.20. The number of rotatable bonds is 12. The molecule has 2 aliphatic rings. The molecule has 0 saturated carbocycles. The average molecular weight is 1300 g/mol. The van der Waals surface area contributed by atoms with Crippen molar-refractivity contribution < 1.29 is 0 Å². The van der Waals surface area contributed by atoms with Crippen molar-refractivity contribution >= 4 is 81.1 Å². The Morgan fingerprint density at radius 3 is 1.03 bits per heavy atom. The van der Waals surface area contributed by atoms with Gasteiger partial charge in [-0.3, -0.25) is 0 Å². The standard InChI is InChI=1S/C92H73BN2Se/c1-91(2,3)76-42-46-78(47-43-76)94(79-48-44-77(45-49-79)92(4,5)6)80-60-86-89-88(61-80)96-87-51-41-69(75-56-72(64-30-17-9-18-31-64)53-73(57-75)65-32-19-10-20-33-65)59-84(87)93(89)83-58-68(74-54-70(62-26-13-7-14-27-62)52-71(55-74)63-28-15-8-16-29-63)40-50-85(83)95(86)90-81(66-34-21-11-22-35-66)38-25-39-82(90)67-36-23-12-24-37-67/h7-61H,1-6H3. The molecule has 16 rings (SSSR count). The number of anilines is 6. The van der Waals surface area contributed by atoms with E-state index < -0.39 is 0 Å². The van der Waals surface area contributed by atoms with Crippen LogP contribution in [-0.4, -0.2) is 21.7 Å². The number of benzene rings is 14. The Balaban J connectivity index is 1.00. The summed E-state index contributed by atoms with van der Waals surface area (Å²) in [5, 5.41) is 0. The molecule has 0 amide bonds. The quantitative estimate of drug-likeness (QED) is 0.113. The van der Waals surface area contributed by atoms with Crippen LogP contribution in [0.25, 0.3) is 89.0 Å². The fraction of sp³-hybridized carbons (Fsp3) is 0.0870. The van der Waals surface area contributed by atoms with Gasteiger partial charge in [-0.1, -0.05) is 12.1 Å². The van der Waals surface area contributed by atoms with E-state index >= 15 is 0 Å². The number of hydrogen-bond acceptors (Lipinski definition) is 2. The van der Waals surface area contributed by atoms with E-state index in [2.05, 4.69) is 385 Å². The van der Waals surface area contributed by atoms with Crippen molar-refractivity contribution in [1.82, 2.24) is 0 Å². The van der Waals surface area contributed by atoms with E-state index in [4.69, 9.17) is 0 Å². The summed E-state index contributed by atoms with van der Waals surface area (Å²) in [5.74, 6) is 0. The molecule has 0 fully saturated rings. The van der Waals surface area contributed by atoms with Crippen molar-refractivity contribution in [3.05, 3.63) is 345 Å². The molecule has 0 atom stereocenters.